The SMILES string of the molecule is COCCCN1C(=O)C(Nc2ccc(C)cc2C)=C(c2ccc(OC)cc2)C1=O. The first kappa shape index (κ1) is 20.6. The number of carbonyl (C=O) groups excluding carboxylic acids is 2. The summed E-state index contributed by atoms with van der Waals surface area (Å²) < 4.78 is 10.3. The van der Waals surface area contributed by atoms with Gasteiger partial charge in [-0.3, -0.25) is 14.5 Å². The van der Waals surface area contributed by atoms with E-state index in [1.54, 1.807) is 38.5 Å². The number of nitrogens with zero attached hydrogens (tertiary/aromatic N) is 1. The van der Waals surface area contributed by atoms with Gasteiger partial charge in [-0.15, -0.1) is 0 Å². The predicted octanol–water partition coefficient (Wildman–Crippen LogP) is 3.54. The van der Waals surface area contributed by atoms with E-state index in [0.29, 0.717) is 42.2 Å². The minimum atomic E-state index is -0.322. The monoisotopic (exact) mass is 394 g/mol. The Kier molecular flexibility index (Phi) is 6.34. The summed E-state index contributed by atoms with van der Waals surface area (Å²) in [7, 11) is 3.19. The van der Waals surface area contributed by atoms with E-state index >= 15 is 0 Å². The van der Waals surface area contributed by atoms with Crippen LogP contribution in [-0.2, 0) is 14.3 Å². The Balaban J connectivity index is 2.01. The first-order valence-electron chi connectivity index (χ1n) is 9.54. The summed E-state index contributed by atoms with van der Waals surface area (Å²) in [5.74, 6) is 0.0624. The van der Waals surface area contributed by atoms with Crippen LogP contribution in [0.4, 0.5) is 5.69 Å². The van der Waals surface area contributed by atoms with Crippen LogP contribution in [0.15, 0.2) is 48.2 Å². The van der Waals surface area contributed by atoms with Gasteiger partial charge in [0.25, 0.3) is 11.8 Å². The van der Waals surface area contributed by atoms with Gasteiger partial charge in [-0.2, -0.15) is 0 Å². The molecule has 0 spiro atoms. The van der Waals surface area contributed by atoms with E-state index in [2.05, 4.69) is 5.32 Å². The average Bonchev–Trinajstić information content (AvgIpc) is 2.94. The summed E-state index contributed by atoms with van der Waals surface area (Å²) in [6, 6.07) is 13.1. The fraction of sp³-hybridized carbons (Fsp3) is 0.304. The van der Waals surface area contributed by atoms with Crippen molar-refractivity contribution >= 4 is 23.1 Å². The van der Waals surface area contributed by atoms with Crippen molar-refractivity contribution in [3.05, 3.63) is 64.9 Å². The summed E-state index contributed by atoms with van der Waals surface area (Å²) >= 11 is 0. The van der Waals surface area contributed by atoms with E-state index in [0.717, 1.165) is 16.8 Å². The Morgan fingerprint density at radius 1 is 0.966 bits per heavy atom. The molecule has 1 aliphatic heterocycles. The van der Waals surface area contributed by atoms with Crippen molar-refractivity contribution in [3.8, 4) is 5.75 Å². The molecule has 6 nitrogen and oxygen atoms in total. The highest BCUT2D eigenvalue weighted by molar-refractivity contribution is 6.36. The van der Waals surface area contributed by atoms with E-state index in [4.69, 9.17) is 9.47 Å². The van der Waals surface area contributed by atoms with E-state index in [1.165, 1.54) is 4.90 Å². The number of imide groups is 1. The second kappa shape index (κ2) is 8.92. The van der Waals surface area contributed by atoms with Crippen molar-refractivity contribution in [1.82, 2.24) is 4.90 Å². The van der Waals surface area contributed by atoms with Crippen molar-refractivity contribution in [2.24, 2.45) is 0 Å². The minimum Gasteiger partial charge on any atom is -0.497 e. The first-order chi connectivity index (χ1) is 14.0. The van der Waals surface area contributed by atoms with E-state index < -0.39 is 0 Å². The quantitative estimate of drug-likeness (QED) is 0.548. The number of anilines is 1. The molecule has 0 atom stereocenters. The van der Waals surface area contributed by atoms with Gasteiger partial charge < -0.3 is 14.8 Å². The topological polar surface area (TPSA) is 67.9 Å². The number of aryl methyl sites for hydroxylation is 2. The fourth-order valence-electron chi connectivity index (χ4n) is 3.38. The molecule has 6 heteroatoms. The Hall–Kier alpha value is -3.12. The van der Waals surface area contributed by atoms with Crippen LogP contribution in [0.5, 0.6) is 5.75 Å². The van der Waals surface area contributed by atoms with Gasteiger partial charge in [0.05, 0.1) is 12.7 Å². The highest BCUT2D eigenvalue weighted by Crippen LogP contribution is 2.32. The van der Waals surface area contributed by atoms with Crippen LogP contribution in [0.1, 0.15) is 23.1 Å². The zero-order chi connectivity index (χ0) is 21.0. The van der Waals surface area contributed by atoms with Crippen LogP contribution in [0.3, 0.4) is 0 Å². The molecule has 1 heterocycles. The first-order valence-corrected chi connectivity index (χ1v) is 9.54. The van der Waals surface area contributed by atoms with Crippen molar-refractivity contribution < 1.29 is 19.1 Å². The lowest BCUT2D eigenvalue weighted by atomic mass is 10.0. The van der Waals surface area contributed by atoms with Gasteiger partial charge in [0.15, 0.2) is 0 Å². The third-order valence-electron chi connectivity index (χ3n) is 4.92. The largest absolute Gasteiger partial charge is 0.497 e. The molecule has 0 aliphatic carbocycles. The number of hydrogen-bond acceptors (Lipinski definition) is 5. The highest BCUT2D eigenvalue weighted by atomic mass is 16.5. The molecule has 3 rings (SSSR count). The molecule has 29 heavy (non-hydrogen) atoms. The minimum absolute atomic E-state index is 0.296. The zero-order valence-corrected chi connectivity index (χ0v) is 17.2. The molecule has 2 amide bonds. The van der Waals surface area contributed by atoms with Crippen molar-refractivity contribution in [1.29, 1.82) is 0 Å². The molecule has 0 fully saturated rings. The van der Waals surface area contributed by atoms with Gasteiger partial charge in [0.1, 0.15) is 11.4 Å². The Labute approximate surface area is 171 Å². The summed E-state index contributed by atoms with van der Waals surface area (Å²) in [4.78, 5) is 27.5. The summed E-state index contributed by atoms with van der Waals surface area (Å²) in [5, 5.41) is 3.22. The molecule has 1 aliphatic rings. The van der Waals surface area contributed by atoms with Gasteiger partial charge in [-0.1, -0.05) is 29.8 Å². The molecule has 0 radical (unpaired) electrons. The Bertz CT molecular complexity index is 948. The molecular weight excluding hydrogens is 368 g/mol. The van der Waals surface area contributed by atoms with Gasteiger partial charge in [-0.25, -0.2) is 0 Å². The molecule has 2 aromatic carbocycles. The zero-order valence-electron chi connectivity index (χ0n) is 17.2. The summed E-state index contributed by atoms with van der Waals surface area (Å²) in [5.41, 5.74) is 4.28. The number of hydrogen-bond donors (Lipinski definition) is 1. The van der Waals surface area contributed by atoms with Crippen LogP contribution >= 0.6 is 0 Å². The van der Waals surface area contributed by atoms with Crippen molar-refractivity contribution in [2.75, 3.05) is 32.7 Å². The van der Waals surface area contributed by atoms with Gasteiger partial charge >= 0.3 is 0 Å². The Morgan fingerprint density at radius 2 is 1.69 bits per heavy atom. The predicted molar refractivity (Wildman–Crippen MR) is 113 cm³/mol. The number of benzene rings is 2. The number of methoxy groups -OCH3 is 2. The maximum atomic E-state index is 13.1. The molecule has 0 saturated heterocycles. The smallest absolute Gasteiger partial charge is 0.278 e. The van der Waals surface area contributed by atoms with Gasteiger partial charge in [0.2, 0.25) is 0 Å². The maximum absolute atomic E-state index is 13.1. The van der Waals surface area contributed by atoms with Crippen LogP contribution in [0.25, 0.3) is 5.57 Å². The van der Waals surface area contributed by atoms with Gasteiger partial charge in [-0.05, 0) is 49.6 Å². The molecular formula is C23H26N2O4. The molecule has 0 aromatic heterocycles. The van der Waals surface area contributed by atoms with Crippen LogP contribution in [0.2, 0.25) is 0 Å². The molecule has 0 saturated carbocycles. The van der Waals surface area contributed by atoms with Gasteiger partial charge in [0, 0.05) is 25.9 Å². The maximum Gasteiger partial charge on any atom is 0.278 e. The standard InChI is InChI=1S/C23H26N2O4/c1-15-6-11-19(16(2)14-15)24-21-20(17-7-9-18(29-4)10-8-17)22(26)25(23(21)27)12-5-13-28-3/h6-11,14,24H,5,12-13H2,1-4H3. The number of carbonyl (C=O) groups is 2. The number of nitrogens with one attached hydrogen (secondary N) is 1. The summed E-state index contributed by atoms with van der Waals surface area (Å²) in [6.45, 7) is 4.78. The number of amides is 2. The molecule has 1 N–H and O–H groups in total. The van der Waals surface area contributed by atoms with E-state index in [9.17, 15) is 9.59 Å². The van der Waals surface area contributed by atoms with Crippen LogP contribution < -0.4 is 10.1 Å². The molecule has 152 valence electrons. The van der Waals surface area contributed by atoms with Crippen molar-refractivity contribution in [3.63, 3.8) is 0 Å². The Morgan fingerprint density at radius 3 is 2.31 bits per heavy atom. The molecule has 0 bridgehead atoms. The van der Waals surface area contributed by atoms with Crippen molar-refractivity contribution in [2.45, 2.75) is 20.3 Å². The lowest BCUT2D eigenvalue weighted by Gasteiger charge is -2.15. The average molecular weight is 394 g/mol. The summed E-state index contributed by atoms with van der Waals surface area (Å²) in [6.07, 6.45) is 0.584. The molecule has 0 unspecified atom stereocenters. The lowest BCUT2D eigenvalue weighted by Crippen LogP contribution is -2.34. The van der Waals surface area contributed by atoms with Crippen LogP contribution in [-0.4, -0.2) is 44.1 Å². The third kappa shape index (κ3) is 4.32. The number of rotatable bonds is 8. The van der Waals surface area contributed by atoms with E-state index in [1.807, 2.05) is 32.0 Å². The second-order valence-electron chi connectivity index (χ2n) is 7.03. The van der Waals surface area contributed by atoms with Crippen LogP contribution in [0, 0.1) is 13.8 Å². The lowest BCUT2D eigenvalue weighted by molar-refractivity contribution is -0.136. The molecule has 2 aromatic rings. The third-order valence-corrected chi connectivity index (χ3v) is 4.92. The number of ether oxygens (including phenoxy) is 2. The fourth-order valence-corrected chi connectivity index (χ4v) is 3.38. The second-order valence-corrected chi connectivity index (χ2v) is 7.03. The van der Waals surface area contributed by atoms with E-state index in [-0.39, 0.29) is 11.8 Å². The highest BCUT2D eigenvalue weighted by Gasteiger charge is 2.39. The normalized spacial score (nSPS) is 14.0.